The van der Waals surface area contributed by atoms with Crippen LogP contribution >= 0.6 is 22.9 Å². The van der Waals surface area contributed by atoms with Crippen molar-refractivity contribution in [2.45, 2.75) is 19.5 Å². The summed E-state index contributed by atoms with van der Waals surface area (Å²) in [6.07, 6.45) is 0. The summed E-state index contributed by atoms with van der Waals surface area (Å²) >= 11 is 7.66. The Morgan fingerprint density at radius 2 is 2.11 bits per heavy atom. The summed E-state index contributed by atoms with van der Waals surface area (Å²) in [7, 11) is 0. The first kappa shape index (κ1) is 13.1. The topological polar surface area (TPSA) is 35.8 Å². The van der Waals surface area contributed by atoms with Crippen LogP contribution in [-0.4, -0.2) is 0 Å². The number of rotatable bonds is 4. The largest absolute Gasteiger partial charge is 0.305 e. The average Bonchev–Trinajstić information content (AvgIpc) is 2.84. The summed E-state index contributed by atoms with van der Waals surface area (Å²) in [5.41, 5.74) is 1.09. The minimum atomic E-state index is 0.186. The SMILES string of the molecule is C[C@H](NCc1ccc(C#N)s1)c1ccccc1Cl. The van der Waals surface area contributed by atoms with Crippen LogP contribution in [0, 0.1) is 11.3 Å². The third-order valence-electron chi connectivity index (χ3n) is 2.73. The smallest absolute Gasteiger partial charge is 0.110 e. The molecule has 0 radical (unpaired) electrons. The van der Waals surface area contributed by atoms with Gasteiger partial charge in [-0.25, -0.2) is 0 Å². The van der Waals surface area contributed by atoms with Crippen molar-refractivity contribution >= 4 is 22.9 Å². The van der Waals surface area contributed by atoms with Crippen molar-refractivity contribution in [3.05, 3.63) is 56.7 Å². The fourth-order valence-electron chi connectivity index (χ4n) is 1.72. The maximum Gasteiger partial charge on any atom is 0.110 e. The van der Waals surface area contributed by atoms with Gasteiger partial charge in [0.2, 0.25) is 0 Å². The van der Waals surface area contributed by atoms with Gasteiger partial charge in [-0.1, -0.05) is 29.8 Å². The van der Waals surface area contributed by atoms with E-state index in [9.17, 15) is 0 Å². The van der Waals surface area contributed by atoms with E-state index >= 15 is 0 Å². The van der Waals surface area contributed by atoms with Crippen LogP contribution in [0.1, 0.15) is 28.3 Å². The Balaban J connectivity index is 1.98. The highest BCUT2D eigenvalue weighted by molar-refractivity contribution is 7.12. The molecule has 0 spiro atoms. The summed E-state index contributed by atoms with van der Waals surface area (Å²) < 4.78 is 0. The molecule has 0 aliphatic heterocycles. The molecule has 0 saturated carbocycles. The average molecular weight is 277 g/mol. The van der Waals surface area contributed by atoms with E-state index < -0.39 is 0 Å². The van der Waals surface area contributed by atoms with E-state index in [1.54, 1.807) is 0 Å². The van der Waals surface area contributed by atoms with Crippen LogP contribution in [0.25, 0.3) is 0 Å². The number of nitrogens with zero attached hydrogens (tertiary/aromatic N) is 1. The van der Waals surface area contributed by atoms with Crippen LogP contribution in [0.4, 0.5) is 0 Å². The highest BCUT2D eigenvalue weighted by Crippen LogP contribution is 2.23. The van der Waals surface area contributed by atoms with Gasteiger partial charge in [-0.3, -0.25) is 0 Å². The van der Waals surface area contributed by atoms with Crippen molar-refractivity contribution in [3.63, 3.8) is 0 Å². The molecule has 4 heteroatoms. The van der Waals surface area contributed by atoms with E-state index in [2.05, 4.69) is 18.3 Å². The zero-order valence-corrected chi connectivity index (χ0v) is 11.6. The van der Waals surface area contributed by atoms with E-state index in [1.807, 2.05) is 36.4 Å². The van der Waals surface area contributed by atoms with Gasteiger partial charge in [-0.2, -0.15) is 5.26 Å². The number of nitriles is 1. The molecule has 1 aromatic carbocycles. The lowest BCUT2D eigenvalue weighted by Crippen LogP contribution is -2.17. The highest BCUT2D eigenvalue weighted by atomic mass is 35.5. The van der Waals surface area contributed by atoms with E-state index in [1.165, 1.54) is 11.3 Å². The third kappa shape index (κ3) is 3.11. The van der Waals surface area contributed by atoms with Gasteiger partial charge in [0.1, 0.15) is 10.9 Å². The van der Waals surface area contributed by atoms with Gasteiger partial charge in [0.25, 0.3) is 0 Å². The van der Waals surface area contributed by atoms with Crippen LogP contribution in [0.2, 0.25) is 5.02 Å². The Kier molecular flexibility index (Phi) is 4.38. The summed E-state index contributed by atoms with van der Waals surface area (Å²) in [5.74, 6) is 0. The molecule has 92 valence electrons. The van der Waals surface area contributed by atoms with Gasteiger partial charge in [-0.15, -0.1) is 11.3 Å². The van der Waals surface area contributed by atoms with E-state index in [0.29, 0.717) is 0 Å². The monoisotopic (exact) mass is 276 g/mol. The Labute approximate surface area is 116 Å². The first-order chi connectivity index (χ1) is 8.70. The summed E-state index contributed by atoms with van der Waals surface area (Å²) in [6.45, 7) is 2.83. The molecule has 0 aliphatic carbocycles. The van der Waals surface area contributed by atoms with Crippen molar-refractivity contribution in [2.24, 2.45) is 0 Å². The fourth-order valence-corrected chi connectivity index (χ4v) is 2.78. The number of halogens is 1. The Hall–Kier alpha value is -1.34. The summed E-state index contributed by atoms with van der Waals surface area (Å²) in [5, 5.41) is 13.0. The second kappa shape index (κ2) is 6.01. The Bertz CT molecular complexity index is 571. The van der Waals surface area contributed by atoms with Crippen LogP contribution in [-0.2, 0) is 6.54 Å². The van der Waals surface area contributed by atoms with Gasteiger partial charge in [0.15, 0.2) is 0 Å². The molecule has 2 rings (SSSR count). The normalized spacial score (nSPS) is 12.1. The molecule has 0 aliphatic rings. The van der Waals surface area contributed by atoms with E-state index in [-0.39, 0.29) is 6.04 Å². The molecular formula is C14H13ClN2S. The number of hydrogen-bond acceptors (Lipinski definition) is 3. The number of hydrogen-bond donors (Lipinski definition) is 1. The molecule has 18 heavy (non-hydrogen) atoms. The lowest BCUT2D eigenvalue weighted by atomic mass is 10.1. The van der Waals surface area contributed by atoms with Gasteiger partial charge in [0.05, 0.1) is 0 Å². The molecule has 0 bridgehead atoms. The highest BCUT2D eigenvalue weighted by Gasteiger charge is 2.08. The van der Waals surface area contributed by atoms with Crippen molar-refractivity contribution in [1.29, 1.82) is 5.26 Å². The molecule has 1 N–H and O–H groups in total. The van der Waals surface area contributed by atoms with Crippen molar-refractivity contribution in [2.75, 3.05) is 0 Å². The second-order valence-corrected chi connectivity index (χ2v) is 5.58. The lowest BCUT2D eigenvalue weighted by Gasteiger charge is -2.14. The fraction of sp³-hybridized carbons (Fsp3) is 0.214. The molecule has 2 nitrogen and oxygen atoms in total. The number of benzene rings is 1. The van der Waals surface area contributed by atoms with Crippen LogP contribution < -0.4 is 5.32 Å². The molecule has 0 unspecified atom stereocenters. The third-order valence-corrected chi connectivity index (χ3v) is 4.06. The predicted octanol–water partition coefficient (Wildman–Crippen LogP) is 4.12. The Morgan fingerprint density at radius 3 is 2.78 bits per heavy atom. The summed E-state index contributed by atoms with van der Waals surface area (Å²) in [6, 6.07) is 14.0. The Morgan fingerprint density at radius 1 is 1.33 bits per heavy atom. The molecular weight excluding hydrogens is 264 g/mol. The number of thiophene rings is 1. The molecule has 2 aromatic rings. The van der Waals surface area contributed by atoms with Gasteiger partial charge >= 0.3 is 0 Å². The first-order valence-electron chi connectivity index (χ1n) is 5.67. The van der Waals surface area contributed by atoms with E-state index in [0.717, 1.165) is 26.9 Å². The maximum absolute atomic E-state index is 8.77. The standard InChI is InChI=1S/C14H13ClN2S/c1-10(13-4-2-3-5-14(13)15)17-9-12-7-6-11(8-16)18-12/h2-7,10,17H,9H2,1H3/t10-/m0/s1. The zero-order valence-electron chi connectivity index (χ0n) is 9.98. The quantitative estimate of drug-likeness (QED) is 0.912. The van der Waals surface area contributed by atoms with Crippen LogP contribution in [0.3, 0.4) is 0 Å². The van der Waals surface area contributed by atoms with Crippen LogP contribution in [0.15, 0.2) is 36.4 Å². The minimum Gasteiger partial charge on any atom is -0.305 e. The molecule has 0 saturated heterocycles. The maximum atomic E-state index is 8.77. The van der Waals surface area contributed by atoms with Crippen molar-refractivity contribution < 1.29 is 0 Å². The summed E-state index contributed by atoms with van der Waals surface area (Å²) in [4.78, 5) is 1.91. The minimum absolute atomic E-state index is 0.186. The second-order valence-electron chi connectivity index (χ2n) is 4.00. The first-order valence-corrected chi connectivity index (χ1v) is 6.87. The molecule has 1 atom stereocenters. The van der Waals surface area contributed by atoms with Gasteiger partial charge in [0, 0.05) is 22.5 Å². The molecule has 1 aromatic heterocycles. The van der Waals surface area contributed by atoms with Crippen molar-refractivity contribution in [3.8, 4) is 6.07 Å². The zero-order chi connectivity index (χ0) is 13.0. The molecule has 0 fully saturated rings. The van der Waals surface area contributed by atoms with E-state index in [4.69, 9.17) is 16.9 Å². The van der Waals surface area contributed by atoms with Gasteiger partial charge in [-0.05, 0) is 30.7 Å². The number of nitrogens with one attached hydrogen (secondary N) is 1. The van der Waals surface area contributed by atoms with Gasteiger partial charge < -0.3 is 5.32 Å². The predicted molar refractivity (Wildman–Crippen MR) is 75.7 cm³/mol. The van der Waals surface area contributed by atoms with Crippen molar-refractivity contribution in [1.82, 2.24) is 5.32 Å². The van der Waals surface area contributed by atoms with Crippen LogP contribution in [0.5, 0.6) is 0 Å². The lowest BCUT2D eigenvalue weighted by molar-refractivity contribution is 0.579. The molecule has 0 amide bonds. The molecule has 1 heterocycles.